The summed E-state index contributed by atoms with van der Waals surface area (Å²) >= 11 is 0. The Morgan fingerprint density at radius 2 is 1.85 bits per heavy atom. The molecule has 0 fully saturated rings. The maximum Gasteiger partial charge on any atom is 0.126 e. The van der Waals surface area contributed by atoms with E-state index in [2.05, 4.69) is 0 Å². The predicted molar refractivity (Wildman–Crippen MR) is 49.6 cm³/mol. The smallest absolute Gasteiger partial charge is 0.126 e. The quantitative estimate of drug-likeness (QED) is 0.645. The van der Waals surface area contributed by atoms with Crippen LogP contribution in [-0.2, 0) is 12.8 Å². The van der Waals surface area contributed by atoms with Gasteiger partial charge in [0.25, 0.3) is 0 Å². The summed E-state index contributed by atoms with van der Waals surface area (Å²) in [6.07, 6.45) is 4.05. The second kappa shape index (κ2) is 3.36. The summed E-state index contributed by atoms with van der Waals surface area (Å²) in [5.74, 6) is 0.770. The molecule has 1 nitrogen and oxygen atoms in total. The van der Waals surface area contributed by atoms with Crippen molar-refractivity contribution in [1.82, 2.24) is 0 Å². The summed E-state index contributed by atoms with van der Waals surface area (Å²) in [5.41, 5.74) is 1.94. The van der Waals surface area contributed by atoms with E-state index in [-0.39, 0.29) is 5.82 Å². The van der Waals surface area contributed by atoms with Gasteiger partial charge < -0.3 is 4.74 Å². The minimum Gasteiger partial charge on any atom is -0.496 e. The maximum atomic E-state index is 13.3. The predicted octanol–water partition coefficient (Wildman–Crippen LogP) is 2.71. The molecule has 0 saturated carbocycles. The van der Waals surface area contributed by atoms with E-state index in [0.717, 1.165) is 42.6 Å². The van der Waals surface area contributed by atoms with Gasteiger partial charge in [0.1, 0.15) is 11.6 Å². The van der Waals surface area contributed by atoms with Gasteiger partial charge in [0.05, 0.1) is 7.11 Å². The summed E-state index contributed by atoms with van der Waals surface area (Å²) in [6, 6.07) is 3.22. The molecular weight excluding hydrogens is 167 g/mol. The first-order valence-corrected chi connectivity index (χ1v) is 4.67. The zero-order chi connectivity index (χ0) is 9.26. The van der Waals surface area contributed by atoms with Crippen molar-refractivity contribution in [1.29, 1.82) is 0 Å². The summed E-state index contributed by atoms with van der Waals surface area (Å²) in [5, 5.41) is 0. The molecule has 0 atom stereocenters. The van der Waals surface area contributed by atoms with Crippen molar-refractivity contribution in [3.63, 3.8) is 0 Å². The van der Waals surface area contributed by atoms with Gasteiger partial charge in [-0.25, -0.2) is 4.39 Å². The van der Waals surface area contributed by atoms with E-state index in [1.165, 1.54) is 6.07 Å². The summed E-state index contributed by atoms with van der Waals surface area (Å²) in [4.78, 5) is 0. The molecule has 0 saturated heterocycles. The maximum absolute atomic E-state index is 13.3. The molecule has 0 bridgehead atoms. The van der Waals surface area contributed by atoms with Crippen molar-refractivity contribution in [2.24, 2.45) is 0 Å². The van der Waals surface area contributed by atoms with Gasteiger partial charge in [0, 0.05) is 5.56 Å². The van der Waals surface area contributed by atoms with Crippen LogP contribution in [0.25, 0.3) is 0 Å². The zero-order valence-electron chi connectivity index (χ0n) is 7.77. The number of fused-ring (bicyclic) bond motifs is 1. The lowest BCUT2D eigenvalue weighted by atomic mass is 9.90. The molecule has 0 unspecified atom stereocenters. The second-order valence-corrected chi connectivity index (χ2v) is 3.41. The molecule has 2 heteroatoms. The van der Waals surface area contributed by atoms with Crippen molar-refractivity contribution < 1.29 is 9.13 Å². The number of ether oxygens (including phenoxy) is 1. The highest BCUT2D eigenvalue weighted by molar-refractivity contribution is 5.42. The van der Waals surface area contributed by atoms with E-state index in [1.807, 2.05) is 0 Å². The molecule has 13 heavy (non-hydrogen) atoms. The molecule has 0 heterocycles. The molecule has 0 aliphatic heterocycles. The van der Waals surface area contributed by atoms with Gasteiger partial charge >= 0.3 is 0 Å². The zero-order valence-corrected chi connectivity index (χ0v) is 7.77. The highest BCUT2D eigenvalue weighted by atomic mass is 19.1. The molecule has 1 aromatic carbocycles. The lowest BCUT2D eigenvalue weighted by molar-refractivity contribution is 0.403. The average molecular weight is 180 g/mol. The van der Waals surface area contributed by atoms with Crippen LogP contribution >= 0.6 is 0 Å². The van der Waals surface area contributed by atoms with Crippen molar-refractivity contribution in [3.05, 3.63) is 29.1 Å². The third-order valence-electron chi connectivity index (χ3n) is 2.65. The molecule has 0 spiro atoms. The highest BCUT2D eigenvalue weighted by Crippen LogP contribution is 2.31. The first-order chi connectivity index (χ1) is 6.33. The van der Waals surface area contributed by atoms with Crippen LogP contribution in [-0.4, -0.2) is 7.11 Å². The summed E-state index contributed by atoms with van der Waals surface area (Å²) in [7, 11) is 1.64. The number of halogens is 1. The second-order valence-electron chi connectivity index (χ2n) is 3.41. The van der Waals surface area contributed by atoms with Gasteiger partial charge in [-0.3, -0.25) is 0 Å². The highest BCUT2D eigenvalue weighted by Gasteiger charge is 2.17. The fourth-order valence-corrected chi connectivity index (χ4v) is 1.98. The molecule has 1 aromatic rings. The number of hydrogen-bond donors (Lipinski definition) is 0. The Hall–Kier alpha value is -1.05. The fourth-order valence-electron chi connectivity index (χ4n) is 1.98. The van der Waals surface area contributed by atoms with Crippen LogP contribution in [0, 0.1) is 5.82 Å². The van der Waals surface area contributed by atoms with Crippen molar-refractivity contribution in [2.45, 2.75) is 25.7 Å². The molecule has 0 radical (unpaired) electrons. The molecule has 0 N–H and O–H groups in total. The van der Waals surface area contributed by atoms with E-state index in [9.17, 15) is 4.39 Å². The SMILES string of the molecule is COc1ccc(F)c2c1CCCC2. The number of hydrogen-bond acceptors (Lipinski definition) is 1. The third kappa shape index (κ3) is 1.41. The van der Waals surface area contributed by atoms with Crippen LogP contribution in [0.3, 0.4) is 0 Å². The summed E-state index contributed by atoms with van der Waals surface area (Å²) < 4.78 is 18.5. The molecule has 1 aliphatic rings. The standard InChI is InChI=1S/C11H13FO/c1-13-11-7-6-10(12)8-4-2-3-5-9(8)11/h6-7H,2-5H2,1H3. The van der Waals surface area contributed by atoms with E-state index in [0.29, 0.717) is 0 Å². The van der Waals surface area contributed by atoms with Crippen molar-refractivity contribution in [2.75, 3.05) is 7.11 Å². The van der Waals surface area contributed by atoms with Crippen molar-refractivity contribution in [3.8, 4) is 5.75 Å². The van der Waals surface area contributed by atoms with Crippen LogP contribution in [0.1, 0.15) is 24.0 Å². The van der Waals surface area contributed by atoms with E-state index in [4.69, 9.17) is 4.74 Å². The molecule has 70 valence electrons. The number of methoxy groups -OCH3 is 1. The van der Waals surface area contributed by atoms with E-state index in [1.54, 1.807) is 13.2 Å². The topological polar surface area (TPSA) is 9.23 Å². The Morgan fingerprint density at radius 3 is 2.54 bits per heavy atom. The van der Waals surface area contributed by atoms with Gasteiger partial charge in [0.2, 0.25) is 0 Å². The lowest BCUT2D eigenvalue weighted by Gasteiger charge is -2.18. The summed E-state index contributed by atoms with van der Waals surface area (Å²) in [6.45, 7) is 0. The van der Waals surface area contributed by atoms with E-state index >= 15 is 0 Å². The molecule has 1 aliphatic carbocycles. The molecule has 0 aromatic heterocycles. The molecule has 0 amide bonds. The lowest BCUT2D eigenvalue weighted by Crippen LogP contribution is -2.07. The van der Waals surface area contributed by atoms with Crippen LogP contribution in [0.5, 0.6) is 5.75 Å². The first-order valence-electron chi connectivity index (χ1n) is 4.67. The molecule has 2 rings (SSSR count). The average Bonchev–Trinajstić information content (AvgIpc) is 2.19. The monoisotopic (exact) mass is 180 g/mol. The minimum atomic E-state index is -0.0736. The Balaban J connectivity index is 2.52. The van der Waals surface area contributed by atoms with Gasteiger partial charge in [-0.1, -0.05) is 0 Å². The fraction of sp³-hybridized carbons (Fsp3) is 0.455. The van der Waals surface area contributed by atoms with E-state index < -0.39 is 0 Å². The van der Waals surface area contributed by atoms with Crippen LogP contribution < -0.4 is 4.74 Å². The first kappa shape index (κ1) is 8.54. The molecular formula is C11H13FO. The Kier molecular flexibility index (Phi) is 2.21. The largest absolute Gasteiger partial charge is 0.496 e. The van der Waals surface area contributed by atoms with Gasteiger partial charge in [-0.05, 0) is 43.4 Å². The Bertz CT molecular complexity index is 320. The van der Waals surface area contributed by atoms with Crippen LogP contribution in [0.2, 0.25) is 0 Å². The Labute approximate surface area is 77.5 Å². The minimum absolute atomic E-state index is 0.0736. The van der Waals surface area contributed by atoms with Gasteiger partial charge in [0.15, 0.2) is 0 Å². The van der Waals surface area contributed by atoms with Crippen LogP contribution in [0.4, 0.5) is 4.39 Å². The number of benzene rings is 1. The Morgan fingerprint density at radius 1 is 1.15 bits per heavy atom. The van der Waals surface area contributed by atoms with Crippen LogP contribution in [0.15, 0.2) is 12.1 Å². The number of rotatable bonds is 1. The van der Waals surface area contributed by atoms with Gasteiger partial charge in [-0.2, -0.15) is 0 Å². The third-order valence-corrected chi connectivity index (χ3v) is 2.65. The van der Waals surface area contributed by atoms with Crippen molar-refractivity contribution >= 4 is 0 Å². The normalized spacial score (nSPS) is 15.2. The van der Waals surface area contributed by atoms with Gasteiger partial charge in [-0.15, -0.1) is 0 Å².